The van der Waals surface area contributed by atoms with Crippen LogP contribution in [0.1, 0.15) is 25.5 Å². The van der Waals surface area contributed by atoms with Crippen molar-refractivity contribution in [2.75, 3.05) is 13.1 Å². The Kier molecular flexibility index (Phi) is 3.72. The normalized spacial score (nSPS) is 18.4. The van der Waals surface area contributed by atoms with Crippen LogP contribution in [0.25, 0.3) is 0 Å². The van der Waals surface area contributed by atoms with Gasteiger partial charge in [0.1, 0.15) is 12.2 Å². The molecular formula is C12H14N4O2. The molecule has 1 aromatic heterocycles. The fraction of sp³-hybridized carbons (Fsp3) is 0.500. The molecular weight excluding hydrogens is 232 g/mol. The summed E-state index contributed by atoms with van der Waals surface area (Å²) in [5.41, 5.74) is 0.178. The van der Waals surface area contributed by atoms with Gasteiger partial charge in [-0.15, -0.1) is 0 Å². The first-order valence-corrected chi connectivity index (χ1v) is 5.90. The Morgan fingerprint density at radius 3 is 3.11 bits per heavy atom. The van der Waals surface area contributed by atoms with E-state index in [0.29, 0.717) is 19.5 Å². The summed E-state index contributed by atoms with van der Waals surface area (Å²) in [6, 6.07) is 1.94. The van der Waals surface area contributed by atoms with Crippen LogP contribution in [0.3, 0.4) is 0 Å². The number of carbonyl (C=O) groups excluding carboxylic acids is 1. The van der Waals surface area contributed by atoms with Crippen LogP contribution in [0.2, 0.25) is 0 Å². The van der Waals surface area contributed by atoms with Crippen molar-refractivity contribution in [3.8, 4) is 11.9 Å². The predicted molar refractivity (Wildman–Crippen MR) is 62.7 cm³/mol. The highest BCUT2D eigenvalue weighted by atomic mass is 16.5. The van der Waals surface area contributed by atoms with Gasteiger partial charge in [0, 0.05) is 31.8 Å². The van der Waals surface area contributed by atoms with Gasteiger partial charge in [-0.05, 0) is 0 Å². The van der Waals surface area contributed by atoms with Crippen LogP contribution in [-0.4, -0.2) is 40.0 Å². The van der Waals surface area contributed by atoms with E-state index in [1.807, 2.05) is 13.0 Å². The number of nitriles is 1. The van der Waals surface area contributed by atoms with Gasteiger partial charge >= 0.3 is 0 Å². The van der Waals surface area contributed by atoms with Crippen molar-refractivity contribution >= 4 is 5.91 Å². The standard InChI is InChI=1S/C12H14N4O2/c1-2-11(17)16-6-3-9(8-16)18-12-10(7-13)14-4-5-15-12/h4-5,9H,2-3,6,8H2,1H3. The summed E-state index contributed by atoms with van der Waals surface area (Å²) in [6.45, 7) is 3.08. The van der Waals surface area contributed by atoms with Crippen molar-refractivity contribution in [1.82, 2.24) is 14.9 Å². The smallest absolute Gasteiger partial charge is 0.251 e. The van der Waals surface area contributed by atoms with E-state index in [-0.39, 0.29) is 23.6 Å². The van der Waals surface area contributed by atoms with E-state index in [4.69, 9.17) is 10.00 Å². The van der Waals surface area contributed by atoms with Gasteiger partial charge in [-0.3, -0.25) is 4.79 Å². The second-order valence-corrected chi connectivity index (χ2v) is 4.04. The molecule has 1 amide bonds. The molecule has 0 spiro atoms. The Labute approximate surface area is 105 Å². The van der Waals surface area contributed by atoms with E-state index < -0.39 is 0 Å². The summed E-state index contributed by atoms with van der Waals surface area (Å²) in [5.74, 6) is 0.372. The maximum Gasteiger partial charge on any atom is 0.251 e. The van der Waals surface area contributed by atoms with Gasteiger partial charge < -0.3 is 9.64 Å². The summed E-state index contributed by atoms with van der Waals surface area (Å²) in [5, 5.41) is 8.87. The fourth-order valence-electron chi connectivity index (χ4n) is 1.92. The Hall–Kier alpha value is -2.16. The molecule has 0 N–H and O–H groups in total. The van der Waals surface area contributed by atoms with E-state index >= 15 is 0 Å². The third-order valence-corrected chi connectivity index (χ3v) is 2.85. The lowest BCUT2D eigenvalue weighted by Crippen LogP contribution is -2.30. The predicted octanol–water partition coefficient (Wildman–Crippen LogP) is 0.738. The molecule has 1 aliphatic rings. The van der Waals surface area contributed by atoms with Crippen LogP contribution in [0, 0.1) is 11.3 Å². The monoisotopic (exact) mass is 246 g/mol. The minimum absolute atomic E-state index is 0.107. The van der Waals surface area contributed by atoms with Gasteiger partial charge in [-0.2, -0.15) is 5.26 Å². The van der Waals surface area contributed by atoms with Gasteiger partial charge in [-0.1, -0.05) is 6.92 Å². The minimum atomic E-state index is -0.107. The molecule has 0 aromatic carbocycles. The number of carbonyl (C=O) groups is 1. The molecule has 1 aliphatic heterocycles. The number of rotatable bonds is 3. The molecule has 1 aromatic rings. The summed E-state index contributed by atoms with van der Waals surface area (Å²) in [6.07, 6.45) is 4.09. The molecule has 0 bridgehead atoms. The molecule has 1 unspecified atom stereocenters. The van der Waals surface area contributed by atoms with Crippen molar-refractivity contribution in [3.63, 3.8) is 0 Å². The van der Waals surface area contributed by atoms with Crippen LogP contribution in [0.4, 0.5) is 0 Å². The summed E-state index contributed by atoms with van der Waals surface area (Å²) in [4.78, 5) is 21.2. The van der Waals surface area contributed by atoms with Gasteiger partial charge in [0.15, 0.2) is 0 Å². The highest BCUT2D eigenvalue weighted by Crippen LogP contribution is 2.18. The summed E-state index contributed by atoms with van der Waals surface area (Å²) in [7, 11) is 0. The van der Waals surface area contributed by atoms with Crippen molar-refractivity contribution in [1.29, 1.82) is 5.26 Å². The molecule has 1 fully saturated rings. The van der Waals surface area contributed by atoms with E-state index in [2.05, 4.69) is 9.97 Å². The SMILES string of the molecule is CCC(=O)N1CCC(Oc2nccnc2C#N)C1. The van der Waals surface area contributed by atoms with Crippen LogP contribution in [0.15, 0.2) is 12.4 Å². The van der Waals surface area contributed by atoms with Crippen LogP contribution >= 0.6 is 0 Å². The van der Waals surface area contributed by atoms with Gasteiger partial charge in [-0.25, -0.2) is 9.97 Å². The van der Waals surface area contributed by atoms with Crippen LogP contribution in [-0.2, 0) is 4.79 Å². The molecule has 0 radical (unpaired) electrons. The fourth-order valence-corrected chi connectivity index (χ4v) is 1.92. The largest absolute Gasteiger partial charge is 0.470 e. The average Bonchev–Trinajstić information content (AvgIpc) is 2.87. The Balaban J connectivity index is 2.00. The Morgan fingerprint density at radius 1 is 1.61 bits per heavy atom. The Bertz CT molecular complexity index is 483. The first-order chi connectivity index (χ1) is 8.74. The van der Waals surface area contributed by atoms with Crippen molar-refractivity contribution in [2.45, 2.75) is 25.9 Å². The molecule has 1 atom stereocenters. The Morgan fingerprint density at radius 2 is 2.39 bits per heavy atom. The first-order valence-electron chi connectivity index (χ1n) is 5.90. The van der Waals surface area contributed by atoms with Crippen molar-refractivity contribution in [3.05, 3.63) is 18.1 Å². The van der Waals surface area contributed by atoms with Gasteiger partial charge in [0.25, 0.3) is 5.88 Å². The number of nitrogens with zero attached hydrogens (tertiary/aromatic N) is 4. The maximum atomic E-state index is 11.5. The number of ether oxygens (including phenoxy) is 1. The van der Waals surface area contributed by atoms with E-state index in [1.165, 1.54) is 12.4 Å². The van der Waals surface area contributed by atoms with Crippen LogP contribution < -0.4 is 4.74 Å². The number of aromatic nitrogens is 2. The molecule has 0 saturated carbocycles. The van der Waals surface area contributed by atoms with Gasteiger partial charge in [0.05, 0.1) is 6.54 Å². The first kappa shape index (κ1) is 12.3. The highest BCUT2D eigenvalue weighted by Gasteiger charge is 2.27. The zero-order valence-electron chi connectivity index (χ0n) is 10.2. The number of amides is 1. The lowest BCUT2D eigenvalue weighted by molar-refractivity contribution is -0.130. The van der Waals surface area contributed by atoms with E-state index in [0.717, 1.165) is 6.42 Å². The third kappa shape index (κ3) is 2.56. The van der Waals surface area contributed by atoms with Crippen LogP contribution in [0.5, 0.6) is 5.88 Å². The number of likely N-dealkylation sites (tertiary alicyclic amines) is 1. The second kappa shape index (κ2) is 5.45. The van der Waals surface area contributed by atoms with Crippen molar-refractivity contribution in [2.24, 2.45) is 0 Å². The average molecular weight is 246 g/mol. The third-order valence-electron chi connectivity index (χ3n) is 2.85. The lowest BCUT2D eigenvalue weighted by atomic mass is 10.3. The molecule has 18 heavy (non-hydrogen) atoms. The minimum Gasteiger partial charge on any atom is -0.470 e. The molecule has 1 saturated heterocycles. The molecule has 94 valence electrons. The summed E-state index contributed by atoms with van der Waals surface area (Å²) < 4.78 is 5.63. The second-order valence-electron chi connectivity index (χ2n) is 4.04. The maximum absolute atomic E-state index is 11.5. The lowest BCUT2D eigenvalue weighted by Gasteiger charge is -2.16. The summed E-state index contributed by atoms with van der Waals surface area (Å²) >= 11 is 0. The highest BCUT2D eigenvalue weighted by molar-refractivity contribution is 5.76. The molecule has 6 heteroatoms. The zero-order valence-corrected chi connectivity index (χ0v) is 10.2. The molecule has 2 rings (SSSR count). The number of hydrogen-bond acceptors (Lipinski definition) is 5. The zero-order chi connectivity index (χ0) is 13.0. The van der Waals surface area contributed by atoms with E-state index in [9.17, 15) is 4.79 Å². The quantitative estimate of drug-likeness (QED) is 0.785. The molecule has 6 nitrogen and oxygen atoms in total. The number of hydrogen-bond donors (Lipinski definition) is 0. The van der Waals surface area contributed by atoms with E-state index in [1.54, 1.807) is 4.90 Å². The van der Waals surface area contributed by atoms with Crippen molar-refractivity contribution < 1.29 is 9.53 Å². The topological polar surface area (TPSA) is 79.1 Å². The molecule has 2 heterocycles. The van der Waals surface area contributed by atoms with Gasteiger partial charge in [0.2, 0.25) is 11.6 Å². The molecule has 0 aliphatic carbocycles.